The monoisotopic (exact) mass is 211 g/mol. The smallest absolute Gasteiger partial charge is 0.138 e. The molecule has 0 saturated heterocycles. The van der Waals surface area contributed by atoms with Crippen LogP contribution in [0.3, 0.4) is 0 Å². The molecule has 86 valence electrons. The minimum absolute atomic E-state index is 0.297. The molecule has 1 heterocycles. The highest BCUT2D eigenvalue weighted by molar-refractivity contribution is 4.88. The van der Waals surface area contributed by atoms with E-state index in [0.29, 0.717) is 12.3 Å². The molecule has 1 atom stereocenters. The van der Waals surface area contributed by atoms with E-state index in [1.165, 1.54) is 0 Å². The van der Waals surface area contributed by atoms with Gasteiger partial charge in [-0.3, -0.25) is 4.68 Å². The van der Waals surface area contributed by atoms with Crippen LogP contribution in [0, 0.1) is 5.92 Å². The summed E-state index contributed by atoms with van der Waals surface area (Å²) in [7, 11) is 0. The van der Waals surface area contributed by atoms with E-state index in [0.717, 1.165) is 25.2 Å². The predicted molar refractivity (Wildman–Crippen MR) is 59.5 cm³/mol. The zero-order valence-corrected chi connectivity index (χ0v) is 9.85. The molecule has 1 unspecified atom stereocenters. The van der Waals surface area contributed by atoms with Crippen LogP contribution < -0.4 is 0 Å². The molecular weight excluding hydrogens is 190 g/mol. The van der Waals surface area contributed by atoms with Crippen LogP contribution in [0.1, 0.15) is 39.4 Å². The van der Waals surface area contributed by atoms with Crippen molar-refractivity contribution in [2.45, 2.75) is 52.7 Å². The van der Waals surface area contributed by atoms with Gasteiger partial charge in [0.05, 0.1) is 6.10 Å². The van der Waals surface area contributed by atoms with Crippen molar-refractivity contribution >= 4 is 0 Å². The predicted octanol–water partition coefficient (Wildman–Crippen LogP) is 1.64. The van der Waals surface area contributed by atoms with Gasteiger partial charge in [0.2, 0.25) is 0 Å². The molecule has 0 fully saturated rings. The molecule has 0 aromatic carbocycles. The normalized spacial score (nSPS) is 13.4. The summed E-state index contributed by atoms with van der Waals surface area (Å²) < 4.78 is 1.84. The first-order valence-electron chi connectivity index (χ1n) is 5.77. The first kappa shape index (κ1) is 12.2. The van der Waals surface area contributed by atoms with E-state index in [2.05, 4.69) is 23.9 Å². The molecule has 0 radical (unpaired) electrons. The lowest BCUT2D eigenvalue weighted by Crippen LogP contribution is -2.23. The highest BCUT2D eigenvalue weighted by Gasteiger charge is 2.18. The summed E-state index contributed by atoms with van der Waals surface area (Å²) in [6.45, 7) is 7.07. The largest absolute Gasteiger partial charge is 0.392 e. The summed E-state index contributed by atoms with van der Waals surface area (Å²) in [6, 6.07) is 0. The van der Waals surface area contributed by atoms with Crippen molar-refractivity contribution in [3.63, 3.8) is 0 Å². The molecule has 0 aliphatic carbocycles. The lowest BCUT2D eigenvalue weighted by atomic mass is 9.94. The van der Waals surface area contributed by atoms with Gasteiger partial charge in [0.1, 0.15) is 12.2 Å². The lowest BCUT2D eigenvalue weighted by Gasteiger charge is -2.19. The van der Waals surface area contributed by atoms with Gasteiger partial charge >= 0.3 is 0 Å². The van der Waals surface area contributed by atoms with E-state index >= 15 is 0 Å². The van der Waals surface area contributed by atoms with Crippen LogP contribution in [0.5, 0.6) is 0 Å². The van der Waals surface area contributed by atoms with Crippen molar-refractivity contribution < 1.29 is 5.11 Å². The average Bonchev–Trinajstić information content (AvgIpc) is 2.67. The molecule has 4 heteroatoms. The minimum atomic E-state index is -0.297. The van der Waals surface area contributed by atoms with Crippen molar-refractivity contribution in [1.29, 1.82) is 0 Å². The average molecular weight is 211 g/mol. The summed E-state index contributed by atoms with van der Waals surface area (Å²) in [5.41, 5.74) is 0. The third-order valence-electron chi connectivity index (χ3n) is 2.98. The van der Waals surface area contributed by atoms with Gasteiger partial charge in [0.25, 0.3) is 0 Å². The summed E-state index contributed by atoms with van der Waals surface area (Å²) in [6.07, 6.45) is 3.89. The summed E-state index contributed by atoms with van der Waals surface area (Å²) in [5, 5.41) is 14.1. The number of hydrogen-bond acceptors (Lipinski definition) is 3. The van der Waals surface area contributed by atoms with Crippen LogP contribution in [0.25, 0.3) is 0 Å². The van der Waals surface area contributed by atoms with Crippen molar-refractivity contribution in [3.8, 4) is 0 Å². The van der Waals surface area contributed by atoms with E-state index in [-0.39, 0.29) is 6.10 Å². The molecule has 0 aliphatic rings. The van der Waals surface area contributed by atoms with Crippen LogP contribution in [-0.4, -0.2) is 26.0 Å². The van der Waals surface area contributed by atoms with Gasteiger partial charge < -0.3 is 5.11 Å². The molecule has 0 bridgehead atoms. The zero-order chi connectivity index (χ0) is 11.3. The number of rotatable bonds is 6. The number of nitrogens with zero attached hydrogens (tertiary/aromatic N) is 3. The fraction of sp³-hybridized carbons (Fsp3) is 0.818. The van der Waals surface area contributed by atoms with Crippen LogP contribution in [0.2, 0.25) is 0 Å². The molecule has 1 rings (SSSR count). The Balaban J connectivity index is 2.60. The SMILES string of the molecule is CCC(CC)C(O)Cc1ncnn1CC. The van der Waals surface area contributed by atoms with Crippen LogP contribution in [-0.2, 0) is 13.0 Å². The Hall–Kier alpha value is -0.900. The van der Waals surface area contributed by atoms with E-state index in [1.54, 1.807) is 6.33 Å². The maximum Gasteiger partial charge on any atom is 0.138 e. The van der Waals surface area contributed by atoms with Gasteiger partial charge in [0.15, 0.2) is 0 Å². The summed E-state index contributed by atoms with van der Waals surface area (Å²) >= 11 is 0. The van der Waals surface area contributed by atoms with Crippen LogP contribution in [0.15, 0.2) is 6.33 Å². The molecule has 15 heavy (non-hydrogen) atoms. The third kappa shape index (κ3) is 3.02. The van der Waals surface area contributed by atoms with Gasteiger partial charge in [-0.05, 0) is 12.8 Å². The Kier molecular flexibility index (Phi) is 4.75. The number of hydrogen-bond donors (Lipinski definition) is 1. The second-order valence-electron chi connectivity index (χ2n) is 3.84. The van der Waals surface area contributed by atoms with Crippen molar-refractivity contribution in [2.24, 2.45) is 5.92 Å². The molecule has 0 spiro atoms. The second kappa shape index (κ2) is 5.85. The number of aliphatic hydroxyl groups excluding tert-OH is 1. The molecule has 4 nitrogen and oxygen atoms in total. The van der Waals surface area contributed by atoms with Crippen molar-refractivity contribution in [2.75, 3.05) is 0 Å². The molecule has 0 amide bonds. The Labute approximate surface area is 91.3 Å². The molecule has 1 aromatic rings. The summed E-state index contributed by atoms with van der Waals surface area (Å²) in [4.78, 5) is 4.17. The maximum absolute atomic E-state index is 10.0. The van der Waals surface area contributed by atoms with Gasteiger partial charge in [-0.25, -0.2) is 4.98 Å². The van der Waals surface area contributed by atoms with E-state index in [1.807, 2.05) is 11.6 Å². The second-order valence-corrected chi connectivity index (χ2v) is 3.84. The van der Waals surface area contributed by atoms with E-state index < -0.39 is 0 Å². The highest BCUT2D eigenvalue weighted by atomic mass is 16.3. The van der Waals surface area contributed by atoms with Crippen LogP contribution in [0.4, 0.5) is 0 Å². The van der Waals surface area contributed by atoms with Crippen LogP contribution >= 0.6 is 0 Å². The maximum atomic E-state index is 10.0. The Bertz CT molecular complexity index is 281. The number of aromatic nitrogens is 3. The van der Waals surface area contributed by atoms with E-state index in [9.17, 15) is 5.11 Å². The van der Waals surface area contributed by atoms with Crippen molar-refractivity contribution in [3.05, 3.63) is 12.2 Å². The summed E-state index contributed by atoms with van der Waals surface area (Å²) in [5.74, 6) is 1.25. The quantitative estimate of drug-likeness (QED) is 0.778. The Morgan fingerprint density at radius 1 is 1.33 bits per heavy atom. The standard InChI is InChI=1S/C11H21N3O/c1-4-9(5-2)10(15)7-11-12-8-13-14(11)6-3/h8-10,15H,4-7H2,1-3H3. The molecule has 1 aromatic heterocycles. The lowest BCUT2D eigenvalue weighted by molar-refractivity contribution is 0.0998. The number of aliphatic hydroxyl groups is 1. The van der Waals surface area contributed by atoms with Crippen molar-refractivity contribution in [1.82, 2.24) is 14.8 Å². The first-order valence-corrected chi connectivity index (χ1v) is 5.77. The molecule has 0 saturated carbocycles. The Morgan fingerprint density at radius 2 is 2.00 bits per heavy atom. The molecular formula is C11H21N3O. The van der Waals surface area contributed by atoms with Gasteiger partial charge in [0, 0.05) is 13.0 Å². The van der Waals surface area contributed by atoms with Gasteiger partial charge in [-0.2, -0.15) is 5.10 Å². The zero-order valence-electron chi connectivity index (χ0n) is 9.85. The first-order chi connectivity index (χ1) is 7.22. The highest BCUT2D eigenvalue weighted by Crippen LogP contribution is 2.16. The minimum Gasteiger partial charge on any atom is -0.392 e. The third-order valence-corrected chi connectivity index (χ3v) is 2.98. The van der Waals surface area contributed by atoms with E-state index in [4.69, 9.17) is 0 Å². The number of aryl methyl sites for hydroxylation is 1. The Morgan fingerprint density at radius 3 is 2.53 bits per heavy atom. The molecule has 0 aliphatic heterocycles. The van der Waals surface area contributed by atoms with Gasteiger partial charge in [-0.15, -0.1) is 0 Å². The fourth-order valence-corrected chi connectivity index (χ4v) is 1.90. The fourth-order valence-electron chi connectivity index (χ4n) is 1.90. The topological polar surface area (TPSA) is 50.9 Å². The molecule has 1 N–H and O–H groups in total. The van der Waals surface area contributed by atoms with Gasteiger partial charge in [-0.1, -0.05) is 26.7 Å².